The zero-order valence-electron chi connectivity index (χ0n) is 6.95. The van der Waals surface area contributed by atoms with Gasteiger partial charge in [0.1, 0.15) is 0 Å². The second kappa shape index (κ2) is 8.51. The van der Waals surface area contributed by atoms with Gasteiger partial charge in [-0.3, -0.25) is 0 Å². The lowest BCUT2D eigenvalue weighted by molar-refractivity contribution is 1.50. The molecule has 0 fully saturated rings. The van der Waals surface area contributed by atoms with E-state index in [-0.39, 0.29) is 0 Å². The molecule has 0 nitrogen and oxygen atoms in total. The Balaban J connectivity index is 0. The molecule has 0 saturated carbocycles. The van der Waals surface area contributed by atoms with Crippen LogP contribution in [0.15, 0.2) is 35.9 Å². The normalized spacial score (nSPS) is 9.40. The number of hydrogen-bond acceptors (Lipinski definition) is 0. The van der Waals surface area contributed by atoms with Crippen LogP contribution < -0.4 is 0 Å². The fraction of sp³-hybridized carbons (Fsp3) is 0.333. The Kier molecular flexibility index (Phi) is 10.4. The molecule has 0 saturated heterocycles. The summed E-state index contributed by atoms with van der Waals surface area (Å²) in [6.45, 7) is 13.0. The van der Waals surface area contributed by atoms with E-state index in [1.165, 1.54) is 0 Å². The van der Waals surface area contributed by atoms with Crippen LogP contribution in [0.1, 0.15) is 20.8 Å². The molecule has 1 heteroatoms. The smallest absolute Gasteiger partial charge is 0.0429 e. The number of hydrogen-bond donors (Lipinski definition) is 0. The molecule has 0 aromatic carbocycles. The quantitative estimate of drug-likeness (QED) is 0.535. The average Bonchev–Trinajstić information content (AvgIpc) is 1.93. The Morgan fingerprint density at radius 1 is 1.40 bits per heavy atom. The van der Waals surface area contributed by atoms with Gasteiger partial charge in [-0.05, 0) is 18.6 Å². The summed E-state index contributed by atoms with van der Waals surface area (Å²) in [6.07, 6.45) is 3.35. The zero-order valence-corrected chi connectivity index (χ0v) is 7.70. The largest absolute Gasteiger partial charge is 0.0990 e. The Hall–Kier alpha value is -0.490. The van der Waals surface area contributed by atoms with E-state index in [0.717, 1.165) is 5.57 Å². The van der Waals surface area contributed by atoms with Crippen molar-refractivity contribution in [1.29, 1.82) is 0 Å². The SMILES string of the molecule is C=C/C=C(/Cl)C(=C)C.CC. The van der Waals surface area contributed by atoms with Crippen LogP contribution in [0.5, 0.6) is 0 Å². The van der Waals surface area contributed by atoms with E-state index < -0.39 is 0 Å². The van der Waals surface area contributed by atoms with E-state index in [2.05, 4.69) is 13.2 Å². The molecule has 0 amide bonds. The van der Waals surface area contributed by atoms with Crippen LogP contribution in [0, 0.1) is 0 Å². The first-order valence-electron chi connectivity index (χ1n) is 3.32. The van der Waals surface area contributed by atoms with Gasteiger partial charge in [0.25, 0.3) is 0 Å². The molecule has 0 aliphatic heterocycles. The first-order chi connectivity index (χ1) is 4.68. The summed E-state index contributed by atoms with van der Waals surface area (Å²) in [5, 5.41) is 0.667. The van der Waals surface area contributed by atoms with E-state index >= 15 is 0 Å². The second-order valence-corrected chi connectivity index (χ2v) is 1.94. The van der Waals surface area contributed by atoms with Crippen molar-refractivity contribution in [3.63, 3.8) is 0 Å². The maximum Gasteiger partial charge on any atom is 0.0429 e. The van der Waals surface area contributed by atoms with Crippen molar-refractivity contribution in [3.8, 4) is 0 Å². The highest BCUT2D eigenvalue weighted by Gasteiger charge is 1.85. The summed E-state index contributed by atoms with van der Waals surface area (Å²) >= 11 is 5.61. The van der Waals surface area contributed by atoms with Crippen LogP contribution in [-0.4, -0.2) is 0 Å². The molecule has 0 spiro atoms. The van der Waals surface area contributed by atoms with Crippen molar-refractivity contribution >= 4 is 11.6 Å². The Morgan fingerprint density at radius 2 is 1.80 bits per heavy atom. The minimum Gasteiger partial charge on any atom is -0.0990 e. The third-order valence-corrected chi connectivity index (χ3v) is 1.12. The third-order valence-electron chi connectivity index (χ3n) is 0.672. The maximum absolute atomic E-state index is 5.61. The lowest BCUT2D eigenvalue weighted by Crippen LogP contribution is -1.68. The van der Waals surface area contributed by atoms with Gasteiger partial charge in [0.15, 0.2) is 0 Å². The van der Waals surface area contributed by atoms with Crippen LogP contribution in [0.3, 0.4) is 0 Å². The molecule has 0 aromatic rings. The first kappa shape index (κ1) is 12.2. The van der Waals surface area contributed by atoms with Gasteiger partial charge in [-0.25, -0.2) is 0 Å². The van der Waals surface area contributed by atoms with Crippen molar-refractivity contribution in [1.82, 2.24) is 0 Å². The van der Waals surface area contributed by atoms with Gasteiger partial charge in [-0.1, -0.05) is 44.7 Å². The summed E-state index contributed by atoms with van der Waals surface area (Å²) in [6, 6.07) is 0. The molecule has 0 aromatic heterocycles. The Morgan fingerprint density at radius 3 is 1.90 bits per heavy atom. The summed E-state index contributed by atoms with van der Waals surface area (Å²) in [4.78, 5) is 0. The molecule has 0 rings (SSSR count). The van der Waals surface area contributed by atoms with Crippen molar-refractivity contribution in [3.05, 3.63) is 35.9 Å². The lowest BCUT2D eigenvalue weighted by Gasteiger charge is -1.89. The minimum absolute atomic E-state index is 0.667. The summed E-state index contributed by atoms with van der Waals surface area (Å²) < 4.78 is 0. The minimum atomic E-state index is 0.667. The van der Waals surface area contributed by atoms with Crippen LogP contribution in [0.25, 0.3) is 0 Å². The summed E-state index contributed by atoms with van der Waals surface area (Å²) in [5.74, 6) is 0. The molecular formula is C9H15Cl. The summed E-state index contributed by atoms with van der Waals surface area (Å²) in [5.41, 5.74) is 0.867. The van der Waals surface area contributed by atoms with Gasteiger partial charge in [0.05, 0.1) is 0 Å². The topological polar surface area (TPSA) is 0 Å². The van der Waals surface area contributed by atoms with Crippen LogP contribution in [-0.2, 0) is 0 Å². The Bertz CT molecular complexity index is 132. The first-order valence-corrected chi connectivity index (χ1v) is 3.70. The van der Waals surface area contributed by atoms with Crippen LogP contribution in [0.4, 0.5) is 0 Å². The van der Waals surface area contributed by atoms with E-state index in [4.69, 9.17) is 11.6 Å². The average molecular weight is 159 g/mol. The molecule has 0 radical (unpaired) electrons. The predicted octanol–water partition coefficient (Wildman–Crippen LogP) is 3.90. The van der Waals surface area contributed by atoms with Crippen LogP contribution >= 0.6 is 11.6 Å². The highest BCUT2D eigenvalue weighted by molar-refractivity contribution is 6.31. The van der Waals surface area contributed by atoms with Gasteiger partial charge in [0.2, 0.25) is 0 Å². The summed E-state index contributed by atoms with van der Waals surface area (Å²) in [7, 11) is 0. The van der Waals surface area contributed by atoms with Gasteiger partial charge >= 0.3 is 0 Å². The van der Waals surface area contributed by atoms with Gasteiger partial charge in [-0.15, -0.1) is 0 Å². The molecule has 0 atom stereocenters. The van der Waals surface area contributed by atoms with Crippen molar-refractivity contribution in [2.75, 3.05) is 0 Å². The number of rotatable bonds is 2. The van der Waals surface area contributed by atoms with Crippen molar-refractivity contribution in [2.24, 2.45) is 0 Å². The third kappa shape index (κ3) is 7.51. The molecule has 0 aliphatic rings. The monoisotopic (exact) mass is 158 g/mol. The van der Waals surface area contributed by atoms with Crippen molar-refractivity contribution in [2.45, 2.75) is 20.8 Å². The van der Waals surface area contributed by atoms with Crippen molar-refractivity contribution < 1.29 is 0 Å². The molecular weight excluding hydrogens is 144 g/mol. The lowest BCUT2D eigenvalue weighted by atomic mass is 10.3. The highest BCUT2D eigenvalue weighted by Crippen LogP contribution is 2.10. The second-order valence-electron chi connectivity index (χ2n) is 1.53. The standard InChI is InChI=1S/C7H9Cl.C2H6/c1-4-5-7(8)6(2)3;1-2/h4-5H,1-2H2,3H3;1-2H3/b7-5+;. The highest BCUT2D eigenvalue weighted by atomic mass is 35.5. The fourth-order valence-corrected chi connectivity index (χ4v) is 0.335. The van der Waals surface area contributed by atoms with E-state index in [1.54, 1.807) is 12.2 Å². The van der Waals surface area contributed by atoms with E-state index in [9.17, 15) is 0 Å². The molecule has 0 heterocycles. The molecule has 10 heavy (non-hydrogen) atoms. The number of allylic oxidation sites excluding steroid dienone is 4. The van der Waals surface area contributed by atoms with Crippen LogP contribution in [0.2, 0.25) is 0 Å². The van der Waals surface area contributed by atoms with E-state index in [0.29, 0.717) is 5.03 Å². The van der Waals surface area contributed by atoms with Gasteiger partial charge in [0, 0.05) is 5.03 Å². The molecule has 58 valence electrons. The fourth-order valence-electron chi connectivity index (χ4n) is 0.246. The molecule has 0 N–H and O–H groups in total. The maximum atomic E-state index is 5.61. The predicted molar refractivity (Wildman–Crippen MR) is 50.3 cm³/mol. The number of halogens is 1. The molecule has 0 aliphatic carbocycles. The van der Waals surface area contributed by atoms with Gasteiger partial charge in [-0.2, -0.15) is 0 Å². The Labute approximate surface area is 68.9 Å². The molecule has 0 unspecified atom stereocenters. The molecule has 0 bridgehead atoms. The van der Waals surface area contributed by atoms with E-state index in [1.807, 2.05) is 20.8 Å². The van der Waals surface area contributed by atoms with Gasteiger partial charge < -0.3 is 0 Å². The zero-order chi connectivity index (χ0) is 8.57.